The summed E-state index contributed by atoms with van der Waals surface area (Å²) in [5.74, 6) is -0.420. The van der Waals surface area contributed by atoms with E-state index in [1.54, 1.807) is 0 Å². The largest absolute Gasteiger partial charge is 0.382 e. The van der Waals surface area contributed by atoms with Crippen LogP contribution in [0, 0.1) is 0 Å². The van der Waals surface area contributed by atoms with Gasteiger partial charge in [-0.3, -0.25) is 4.79 Å². The molecule has 1 aromatic carbocycles. The minimum absolute atomic E-state index is 0.172. The van der Waals surface area contributed by atoms with Gasteiger partial charge in [0.2, 0.25) is 5.91 Å². The third kappa shape index (κ3) is 2.00. The highest BCUT2D eigenvalue weighted by molar-refractivity contribution is 9.10. The molecule has 1 amide bonds. The second kappa shape index (κ2) is 3.85. The summed E-state index contributed by atoms with van der Waals surface area (Å²) in [4.78, 5) is 11.4. The molecule has 0 spiro atoms. The van der Waals surface area contributed by atoms with Gasteiger partial charge in [-0.25, -0.2) is 0 Å². The molecule has 1 aliphatic heterocycles. The first-order valence-corrected chi connectivity index (χ1v) is 5.72. The molecule has 15 heavy (non-hydrogen) atoms. The number of fused-ring (bicyclic) bond motifs is 1. The summed E-state index contributed by atoms with van der Waals surface area (Å²) in [5.41, 5.74) is 7.42. The van der Waals surface area contributed by atoms with Crippen LogP contribution in [0.15, 0.2) is 22.7 Å². The molecule has 0 unspecified atom stereocenters. The number of anilines is 1. The number of nitrogens with one attached hydrogen (secondary N) is 1. The van der Waals surface area contributed by atoms with Crippen LogP contribution < -0.4 is 11.1 Å². The molecule has 3 nitrogen and oxygen atoms in total. The van der Waals surface area contributed by atoms with Crippen molar-refractivity contribution in [2.24, 2.45) is 5.73 Å². The van der Waals surface area contributed by atoms with Gasteiger partial charge in [0.25, 0.3) is 0 Å². The fourth-order valence-electron chi connectivity index (χ4n) is 2.03. The lowest BCUT2D eigenvalue weighted by Gasteiger charge is -2.29. The quantitative estimate of drug-likeness (QED) is 0.821. The van der Waals surface area contributed by atoms with Gasteiger partial charge in [0.15, 0.2) is 0 Å². The van der Waals surface area contributed by atoms with Crippen LogP contribution in [0.3, 0.4) is 0 Å². The first kappa shape index (κ1) is 10.5. The Bertz CT molecular complexity index is 406. The van der Waals surface area contributed by atoms with E-state index < -0.39 is 0 Å². The number of carbonyl (C=O) groups excluding carboxylic acids is 1. The average molecular weight is 269 g/mol. The molecule has 80 valence electrons. The standard InChI is InChI=1S/C11H13BrN2O/c1-6-4-9(11(13)15)8-5-7(12)2-3-10(8)14-6/h2-3,5-6,9,14H,4H2,1H3,(H2,13,15)/t6-,9+/m1/s1. The SMILES string of the molecule is C[C@@H]1C[C@H](C(N)=O)c2cc(Br)ccc2N1. The number of benzene rings is 1. The van der Waals surface area contributed by atoms with Crippen LogP contribution in [0.25, 0.3) is 0 Å². The molecule has 0 saturated carbocycles. The highest BCUT2D eigenvalue weighted by Gasteiger charge is 2.28. The Hall–Kier alpha value is -1.03. The first-order chi connectivity index (χ1) is 7.08. The van der Waals surface area contributed by atoms with E-state index in [2.05, 4.69) is 28.2 Å². The number of rotatable bonds is 1. The molecule has 1 aromatic rings. The summed E-state index contributed by atoms with van der Waals surface area (Å²) in [6.07, 6.45) is 0.763. The molecule has 0 radical (unpaired) electrons. The van der Waals surface area contributed by atoms with Crippen molar-refractivity contribution < 1.29 is 4.79 Å². The van der Waals surface area contributed by atoms with Crippen molar-refractivity contribution in [1.29, 1.82) is 0 Å². The number of hydrogen-bond acceptors (Lipinski definition) is 2. The van der Waals surface area contributed by atoms with Gasteiger partial charge >= 0.3 is 0 Å². The monoisotopic (exact) mass is 268 g/mol. The van der Waals surface area contributed by atoms with E-state index in [1.165, 1.54) is 0 Å². The topological polar surface area (TPSA) is 55.1 Å². The molecule has 4 heteroatoms. The van der Waals surface area contributed by atoms with E-state index in [0.717, 1.165) is 22.1 Å². The number of hydrogen-bond donors (Lipinski definition) is 2. The zero-order valence-corrected chi connectivity index (χ0v) is 10.0. The number of primary amides is 1. The maximum absolute atomic E-state index is 11.4. The van der Waals surface area contributed by atoms with Crippen LogP contribution in [-0.2, 0) is 4.79 Å². The normalized spacial score (nSPS) is 24.1. The lowest BCUT2D eigenvalue weighted by molar-refractivity contribution is -0.119. The predicted octanol–water partition coefficient (Wildman–Crippen LogP) is 2.22. The summed E-state index contributed by atoms with van der Waals surface area (Å²) >= 11 is 3.40. The van der Waals surface area contributed by atoms with Gasteiger partial charge in [-0.15, -0.1) is 0 Å². The van der Waals surface area contributed by atoms with E-state index in [1.807, 2.05) is 18.2 Å². The van der Waals surface area contributed by atoms with Crippen molar-refractivity contribution in [1.82, 2.24) is 0 Å². The Morgan fingerprint density at radius 1 is 1.60 bits per heavy atom. The molecule has 0 aliphatic carbocycles. The van der Waals surface area contributed by atoms with Crippen molar-refractivity contribution in [2.75, 3.05) is 5.32 Å². The van der Waals surface area contributed by atoms with Gasteiger partial charge in [-0.05, 0) is 37.1 Å². The van der Waals surface area contributed by atoms with Crippen molar-refractivity contribution in [3.8, 4) is 0 Å². The average Bonchev–Trinajstić information content (AvgIpc) is 2.17. The fourth-order valence-corrected chi connectivity index (χ4v) is 2.41. The number of amides is 1. The van der Waals surface area contributed by atoms with Crippen molar-refractivity contribution in [3.05, 3.63) is 28.2 Å². The summed E-state index contributed by atoms with van der Waals surface area (Å²) in [7, 11) is 0. The summed E-state index contributed by atoms with van der Waals surface area (Å²) in [5, 5.41) is 3.34. The molecular formula is C11H13BrN2O. The second-order valence-electron chi connectivity index (χ2n) is 3.97. The van der Waals surface area contributed by atoms with Gasteiger partial charge in [0.05, 0.1) is 5.92 Å². The van der Waals surface area contributed by atoms with Gasteiger partial charge in [-0.2, -0.15) is 0 Å². The van der Waals surface area contributed by atoms with Gasteiger partial charge in [-0.1, -0.05) is 15.9 Å². The van der Waals surface area contributed by atoms with Crippen LogP contribution in [0.2, 0.25) is 0 Å². The maximum atomic E-state index is 11.4. The molecule has 1 aliphatic rings. The molecule has 0 saturated heterocycles. The Labute approximate surface area is 97.2 Å². The number of halogens is 1. The molecule has 2 rings (SSSR count). The summed E-state index contributed by atoms with van der Waals surface area (Å²) in [6, 6.07) is 6.19. The van der Waals surface area contributed by atoms with Crippen LogP contribution in [-0.4, -0.2) is 11.9 Å². The van der Waals surface area contributed by atoms with E-state index in [9.17, 15) is 4.79 Å². The first-order valence-electron chi connectivity index (χ1n) is 4.93. The highest BCUT2D eigenvalue weighted by atomic mass is 79.9. The highest BCUT2D eigenvalue weighted by Crippen LogP contribution is 2.35. The fraction of sp³-hybridized carbons (Fsp3) is 0.364. The molecule has 0 bridgehead atoms. The molecule has 2 atom stereocenters. The third-order valence-electron chi connectivity index (χ3n) is 2.72. The predicted molar refractivity (Wildman–Crippen MR) is 63.8 cm³/mol. The lowest BCUT2D eigenvalue weighted by Crippen LogP contribution is -2.32. The maximum Gasteiger partial charge on any atom is 0.225 e. The molecule has 3 N–H and O–H groups in total. The van der Waals surface area contributed by atoms with E-state index in [0.29, 0.717) is 0 Å². The van der Waals surface area contributed by atoms with E-state index in [4.69, 9.17) is 5.73 Å². The van der Waals surface area contributed by atoms with Crippen LogP contribution >= 0.6 is 15.9 Å². The minimum atomic E-state index is -0.247. The van der Waals surface area contributed by atoms with Crippen molar-refractivity contribution in [2.45, 2.75) is 25.3 Å². The van der Waals surface area contributed by atoms with Crippen LogP contribution in [0.4, 0.5) is 5.69 Å². The van der Waals surface area contributed by atoms with Gasteiger partial charge in [0, 0.05) is 16.2 Å². The molecule has 0 aromatic heterocycles. The number of nitrogens with two attached hydrogens (primary N) is 1. The van der Waals surface area contributed by atoms with Gasteiger partial charge in [0.1, 0.15) is 0 Å². The van der Waals surface area contributed by atoms with Gasteiger partial charge < -0.3 is 11.1 Å². The molecule has 0 fully saturated rings. The Kier molecular flexibility index (Phi) is 2.69. The molecular weight excluding hydrogens is 256 g/mol. The summed E-state index contributed by atoms with van der Waals surface area (Å²) in [6.45, 7) is 2.06. The van der Waals surface area contributed by atoms with Crippen molar-refractivity contribution >= 4 is 27.5 Å². The minimum Gasteiger partial charge on any atom is -0.382 e. The lowest BCUT2D eigenvalue weighted by atomic mass is 9.87. The smallest absolute Gasteiger partial charge is 0.225 e. The van der Waals surface area contributed by atoms with Crippen molar-refractivity contribution in [3.63, 3.8) is 0 Å². The number of carbonyl (C=O) groups is 1. The zero-order chi connectivity index (χ0) is 11.0. The summed E-state index contributed by atoms with van der Waals surface area (Å²) < 4.78 is 0.976. The zero-order valence-electron chi connectivity index (χ0n) is 8.46. The Balaban J connectivity index is 2.47. The Morgan fingerprint density at radius 2 is 2.33 bits per heavy atom. The van der Waals surface area contributed by atoms with Crippen LogP contribution in [0.1, 0.15) is 24.8 Å². The molecule has 1 heterocycles. The Morgan fingerprint density at radius 3 is 3.00 bits per heavy atom. The van der Waals surface area contributed by atoms with Crippen LogP contribution in [0.5, 0.6) is 0 Å². The van der Waals surface area contributed by atoms with E-state index in [-0.39, 0.29) is 17.9 Å². The second-order valence-corrected chi connectivity index (χ2v) is 4.88. The van der Waals surface area contributed by atoms with E-state index >= 15 is 0 Å². The third-order valence-corrected chi connectivity index (χ3v) is 3.22.